The van der Waals surface area contributed by atoms with Crippen molar-refractivity contribution in [2.45, 2.75) is 13.3 Å². The summed E-state index contributed by atoms with van der Waals surface area (Å²) in [6.07, 6.45) is 2.13. The lowest BCUT2D eigenvalue weighted by molar-refractivity contribution is 0.102. The minimum absolute atomic E-state index is 0.267. The molecule has 7 nitrogen and oxygen atoms in total. The Hall–Kier alpha value is -3.61. The first kappa shape index (κ1) is 20.1. The number of ether oxygens (including phenoxy) is 2. The molecule has 0 saturated heterocycles. The number of carbonyl (C=O) groups is 1. The van der Waals surface area contributed by atoms with Gasteiger partial charge < -0.3 is 20.1 Å². The number of rotatable bonds is 8. The highest BCUT2D eigenvalue weighted by Crippen LogP contribution is 2.25. The van der Waals surface area contributed by atoms with Crippen LogP contribution in [-0.4, -0.2) is 36.6 Å². The van der Waals surface area contributed by atoms with Crippen molar-refractivity contribution in [2.75, 3.05) is 31.4 Å². The largest absolute Gasteiger partial charge is 0.496 e. The van der Waals surface area contributed by atoms with Crippen LogP contribution in [0.5, 0.6) is 11.5 Å². The van der Waals surface area contributed by atoms with Gasteiger partial charge >= 0.3 is 0 Å². The summed E-state index contributed by atoms with van der Waals surface area (Å²) in [5.41, 5.74) is 2.98. The maximum absolute atomic E-state index is 12.6. The van der Waals surface area contributed by atoms with E-state index in [4.69, 9.17) is 9.47 Å². The fourth-order valence-electron chi connectivity index (χ4n) is 2.92. The number of carbonyl (C=O) groups excluding carboxylic acids is 1. The molecule has 0 saturated carbocycles. The molecule has 0 radical (unpaired) electrons. The SMILES string of the molecule is COc1ccccc1CCNc1cc(C(=O)Nc2cc(C)ccc2OC)ncn1. The molecule has 150 valence electrons. The number of amides is 1. The van der Waals surface area contributed by atoms with Crippen LogP contribution in [0, 0.1) is 6.92 Å². The third-order valence-corrected chi connectivity index (χ3v) is 4.40. The molecule has 0 fully saturated rings. The molecule has 1 heterocycles. The second kappa shape index (κ2) is 9.54. The van der Waals surface area contributed by atoms with Crippen molar-refractivity contribution in [3.63, 3.8) is 0 Å². The van der Waals surface area contributed by atoms with E-state index in [1.165, 1.54) is 6.33 Å². The van der Waals surface area contributed by atoms with E-state index in [0.29, 0.717) is 23.8 Å². The average molecular weight is 392 g/mol. The highest BCUT2D eigenvalue weighted by Gasteiger charge is 2.12. The number of aromatic nitrogens is 2. The highest BCUT2D eigenvalue weighted by molar-refractivity contribution is 6.04. The molecule has 7 heteroatoms. The number of para-hydroxylation sites is 1. The van der Waals surface area contributed by atoms with Gasteiger partial charge in [0.1, 0.15) is 29.3 Å². The first-order chi connectivity index (χ1) is 14.1. The van der Waals surface area contributed by atoms with Crippen molar-refractivity contribution in [1.29, 1.82) is 0 Å². The van der Waals surface area contributed by atoms with Crippen LogP contribution in [0.4, 0.5) is 11.5 Å². The summed E-state index contributed by atoms with van der Waals surface area (Å²) in [6.45, 7) is 2.59. The fourth-order valence-corrected chi connectivity index (χ4v) is 2.92. The van der Waals surface area contributed by atoms with Gasteiger partial charge in [-0.1, -0.05) is 24.3 Å². The lowest BCUT2D eigenvalue weighted by atomic mass is 10.1. The Bertz CT molecular complexity index is 991. The molecule has 0 aliphatic heterocycles. The van der Waals surface area contributed by atoms with E-state index in [2.05, 4.69) is 20.6 Å². The Kier molecular flexibility index (Phi) is 6.63. The van der Waals surface area contributed by atoms with Crippen LogP contribution in [-0.2, 0) is 6.42 Å². The van der Waals surface area contributed by atoms with Gasteiger partial charge in [-0.3, -0.25) is 4.79 Å². The van der Waals surface area contributed by atoms with Crippen molar-refractivity contribution in [1.82, 2.24) is 9.97 Å². The third-order valence-electron chi connectivity index (χ3n) is 4.40. The molecule has 0 aliphatic rings. The van der Waals surface area contributed by atoms with Crippen molar-refractivity contribution < 1.29 is 14.3 Å². The zero-order chi connectivity index (χ0) is 20.6. The van der Waals surface area contributed by atoms with Gasteiger partial charge in [-0.25, -0.2) is 9.97 Å². The summed E-state index contributed by atoms with van der Waals surface area (Å²) in [7, 11) is 3.22. The predicted octanol–water partition coefficient (Wildman–Crippen LogP) is 3.71. The number of methoxy groups -OCH3 is 2. The van der Waals surface area contributed by atoms with Gasteiger partial charge in [0, 0.05) is 12.6 Å². The molecular formula is C22H24N4O3. The van der Waals surface area contributed by atoms with Crippen molar-refractivity contribution in [3.8, 4) is 11.5 Å². The number of nitrogens with one attached hydrogen (secondary N) is 2. The van der Waals surface area contributed by atoms with Crippen molar-refractivity contribution in [3.05, 3.63) is 71.7 Å². The zero-order valence-electron chi connectivity index (χ0n) is 16.7. The van der Waals surface area contributed by atoms with Crippen molar-refractivity contribution in [2.24, 2.45) is 0 Å². The smallest absolute Gasteiger partial charge is 0.274 e. The van der Waals surface area contributed by atoms with Crippen LogP contribution in [0.15, 0.2) is 54.9 Å². The molecule has 0 aliphatic carbocycles. The molecule has 0 unspecified atom stereocenters. The fraction of sp³-hybridized carbons (Fsp3) is 0.227. The zero-order valence-corrected chi connectivity index (χ0v) is 16.7. The summed E-state index contributed by atoms with van der Waals surface area (Å²) in [4.78, 5) is 20.9. The van der Waals surface area contributed by atoms with Gasteiger partial charge in [-0.2, -0.15) is 0 Å². The normalized spacial score (nSPS) is 10.3. The molecule has 1 amide bonds. The van der Waals surface area contributed by atoms with E-state index >= 15 is 0 Å². The maximum Gasteiger partial charge on any atom is 0.274 e. The third kappa shape index (κ3) is 5.22. The van der Waals surface area contributed by atoms with Crippen LogP contribution >= 0.6 is 0 Å². The summed E-state index contributed by atoms with van der Waals surface area (Å²) < 4.78 is 10.7. The number of nitrogens with zero attached hydrogens (tertiary/aromatic N) is 2. The molecule has 2 aromatic carbocycles. The van der Waals surface area contributed by atoms with Gasteiger partial charge in [0.25, 0.3) is 5.91 Å². The lowest BCUT2D eigenvalue weighted by Crippen LogP contribution is -2.16. The molecule has 0 spiro atoms. The Morgan fingerprint density at radius 3 is 2.59 bits per heavy atom. The quantitative estimate of drug-likeness (QED) is 0.608. The molecule has 3 rings (SSSR count). The van der Waals surface area contributed by atoms with E-state index in [0.717, 1.165) is 23.3 Å². The van der Waals surface area contributed by atoms with Crippen molar-refractivity contribution >= 4 is 17.4 Å². The summed E-state index contributed by atoms with van der Waals surface area (Å²) in [6, 6.07) is 15.1. The van der Waals surface area contributed by atoms with E-state index < -0.39 is 0 Å². The van der Waals surface area contributed by atoms with Gasteiger partial charge in [-0.05, 0) is 42.7 Å². The minimum atomic E-state index is -0.330. The molecular weight excluding hydrogens is 368 g/mol. The topological polar surface area (TPSA) is 85.4 Å². The van der Waals surface area contributed by atoms with E-state index in [9.17, 15) is 4.79 Å². The second-order valence-corrected chi connectivity index (χ2v) is 6.43. The van der Waals surface area contributed by atoms with Gasteiger partial charge in [0.15, 0.2) is 0 Å². The second-order valence-electron chi connectivity index (χ2n) is 6.43. The first-order valence-electron chi connectivity index (χ1n) is 9.24. The molecule has 29 heavy (non-hydrogen) atoms. The van der Waals surface area contributed by atoms with Gasteiger partial charge in [0.05, 0.1) is 19.9 Å². The Balaban J connectivity index is 1.64. The van der Waals surface area contributed by atoms with Crippen LogP contribution in [0.3, 0.4) is 0 Å². The number of benzene rings is 2. The Morgan fingerprint density at radius 2 is 1.79 bits per heavy atom. The van der Waals surface area contributed by atoms with E-state index in [1.807, 2.05) is 49.4 Å². The Morgan fingerprint density at radius 1 is 1.00 bits per heavy atom. The van der Waals surface area contributed by atoms with E-state index in [-0.39, 0.29) is 11.6 Å². The standard InChI is InChI=1S/C22H24N4O3/c1-15-8-9-20(29-3)17(12-15)26-22(27)18-13-21(25-14-24-18)23-11-10-16-6-4-5-7-19(16)28-2/h4-9,12-14H,10-11H2,1-3H3,(H,26,27)(H,23,24,25). The number of hydrogen-bond donors (Lipinski definition) is 2. The number of anilines is 2. The Labute approximate surface area is 170 Å². The molecule has 1 aromatic heterocycles. The summed E-state index contributed by atoms with van der Waals surface area (Å²) in [5, 5.41) is 6.07. The van der Waals surface area contributed by atoms with E-state index in [1.54, 1.807) is 20.3 Å². The van der Waals surface area contributed by atoms with Crippen LogP contribution in [0.1, 0.15) is 21.6 Å². The molecule has 0 bridgehead atoms. The monoisotopic (exact) mass is 392 g/mol. The minimum Gasteiger partial charge on any atom is -0.496 e. The molecule has 0 atom stereocenters. The van der Waals surface area contributed by atoms with Crippen LogP contribution in [0.25, 0.3) is 0 Å². The maximum atomic E-state index is 12.6. The molecule has 3 aromatic rings. The lowest BCUT2D eigenvalue weighted by Gasteiger charge is -2.12. The van der Waals surface area contributed by atoms with Gasteiger partial charge in [-0.15, -0.1) is 0 Å². The number of hydrogen-bond acceptors (Lipinski definition) is 6. The number of aryl methyl sites for hydroxylation is 1. The first-order valence-corrected chi connectivity index (χ1v) is 9.24. The van der Waals surface area contributed by atoms with Gasteiger partial charge in [0.2, 0.25) is 0 Å². The average Bonchev–Trinajstić information content (AvgIpc) is 2.74. The molecule has 2 N–H and O–H groups in total. The summed E-state index contributed by atoms with van der Waals surface area (Å²) >= 11 is 0. The van der Waals surface area contributed by atoms with Crippen LogP contribution < -0.4 is 20.1 Å². The predicted molar refractivity (Wildman–Crippen MR) is 113 cm³/mol. The highest BCUT2D eigenvalue weighted by atomic mass is 16.5. The van der Waals surface area contributed by atoms with Crippen LogP contribution in [0.2, 0.25) is 0 Å². The summed E-state index contributed by atoms with van der Waals surface area (Å²) in [5.74, 6) is 1.69.